The number of oxazole rings is 1. The van der Waals surface area contributed by atoms with Crippen LogP contribution in [0, 0.1) is 23.2 Å². The lowest BCUT2D eigenvalue weighted by Gasteiger charge is -2.44. The molecule has 1 aromatic heterocycles. The van der Waals surface area contributed by atoms with Gasteiger partial charge in [0.1, 0.15) is 5.52 Å². The Morgan fingerprint density at radius 1 is 1.14 bits per heavy atom. The van der Waals surface area contributed by atoms with Gasteiger partial charge >= 0.3 is 0 Å². The van der Waals surface area contributed by atoms with Gasteiger partial charge < -0.3 is 26.6 Å². The molecule has 28 heavy (non-hydrogen) atoms. The zero-order chi connectivity index (χ0) is 19.0. The van der Waals surface area contributed by atoms with Gasteiger partial charge in [-0.05, 0) is 78.3 Å². The Labute approximate surface area is 162 Å². The van der Waals surface area contributed by atoms with E-state index in [1.807, 2.05) is 12.1 Å². The fourth-order valence-electron chi connectivity index (χ4n) is 6.26. The van der Waals surface area contributed by atoms with Crippen LogP contribution < -0.4 is 16.8 Å². The van der Waals surface area contributed by atoms with Gasteiger partial charge in [-0.25, -0.2) is 0 Å². The van der Waals surface area contributed by atoms with Gasteiger partial charge in [-0.15, -0.1) is 0 Å². The van der Waals surface area contributed by atoms with Crippen molar-refractivity contribution in [1.82, 2.24) is 4.98 Å². The molecule has 0 saturated heterocycles. The highest BCUT2D eigenvalue weighted by Crippen LogP contribution is 2.64. The molecule has 5 atom stereocenters. The molecule has 2 saturated carbocycles. The summed E-state index contributed by atoms with van der Waals surface area (Å²) < 4.78 is 5.59. The Morgan fingerprint density at radius 2 is 2.00 bits per heavy atom. The fourth-order valence-corrected chi connectivity index (χ4v) is 6.26. The quantitative estimate of drug-likeness (QED) is 0.395. The molecule has 2 heterocycles. The molecule has 2 fully saturated rings. The number of nitrogens with one attached hydrogen (secondary N) is 2. The van der Waals surface area contributed by atoms with Gasteiger partial charge in [-0.3, -0.25) is 0 Å². The van der Waals surface area contributed by atoms with Crippen LogP contribution >= 0.6 is 0 Å². The molecule has 2 aromatic carbocycles. The van der Waals surface area contributed by atoms with Gasteiger partial charge in [0.05, 0.1) is 6.04 Å². The number of nitrogens with zero attached hydrogens (tertiary/aromatic N) is 1. The molecule has 6 nitrogen and oxygen atoms in total. The van der Waals surface area contributed by atoms with Crippen molar-refractivity contribution >= 4 is 34.7 Å². The number of nitrogens with two attached hydrogens (primary N) is 2. The van der Waals surface area contributed by atoms with Gasteiger partial charge in [0.2, 0.25) is 0 Å². The predicted molar refractivity (Wildman–Crippen MR) is 111 cm³/mol. The van der Waals surface area contributed by atoms with Crippen LogP contribution in [0.25, 0.3) is 11.1 Å². The van der Waals surface area contributed by atoms with E-state index < -0.39 is 0 Å². The van der Waals surface area contributed by atoms with Crippen molar-refractivity contribution in [3.8, 4) is 0 Å². The van der Waals surface area contributed by atoms with Crippen molar-refractivity contribution in [3.05, 3.63) is 47.0 Å². The molecule has 0 spiro atoms. The summed E-state index contributed by atoms with van der Waals surface area (Å²) in [6.07, 6.45) is 5.28. The Balaban J connectivity index is 1.53. The molecule has 0 amide bonds. The third-order valence-electron chi connectivity index (χ3n) is 7.26. The van der Waals surface area contributed by atoms with E-state index in [0.717, 1.165) is 22.4 Å². The standard InChI is InChI=1S/C22H23N5O/c23-9-13-14(24)4-6-16-20(13)18-10-1-2-11(7-10)19(18)21(26-16)12-3-5-15-17(8-12)28-22(25)27-15/h3-6,8-11,18-19,21,23,26H,1-2,7,24H2,(H2,25,27). The van der Waals surface area contributed by atoms with Crippen LogP contribution in [0.5, 0.6) is 0 Å². The largest absolute Gasteiger partial charge is 0.424 e. The van der Waals surface area contributed by atoms with E-state index in [-0.39, 0.29) is 12.1 Å². The summed E-state index contributed by atoms with van der Waals surface area (Å²) >= 11 is 0. The summed E-state index contributed by atoms with van der Waals surface area (Å²) in [6, 6.07) is 10.6. The highest BCUT2D eigenvalue weighted by molar-refractivity contribution is 5.91. The molecule has 6 rings (SSSR count). The van der Waals surface area contributed by atoms with E-state index in [9.17, 15) is 0 Å². The Bertz CT molecular complexity index is 1120. The Hall–Kier alpha value is -3.02. The molecular weight excluding hydrogens is 350 g/mol. The highest BCUT2D eigenvalue weighted by Gasteiger charge is 2.54. The van der Waals surface area contributed by atoms with Gasteiger partial charge in [0.25, 0.3) is 6.01 Å². The predicted octanol–water partition coefficient (Wildman–Crippen LogP) is 4.29. The Morgan fingerprint density at radius 3 is 2.86 bits per heavy atom. The lowest BCUT2D eigenvalue weighted by Crippen LogP contribution is -2.36. The normalized spacial score (nSPS) is 30.1. The third kappa shape index (κ3) is 2.03. The second-order valence-corrected chi connectivity index (χ2v) is 8.51. The molecular formula is C22H23N5O. The number of hydrogen-bond donors (Lipinski definition) is 4. The lowest BCUT2D eigenvalue weighted by molar-refractivity contribution is 0.247. The van der Waals surface area contributed by atoms with Crippen LogP contribution in [0.4, 0.5) is 17.4 Å². The van der Waals surface area contributed by atoms with E-state index in [1.54, 1.807) is 0 Å². The van der Waals surface area contributed by atoms with Crippen molar-refractivity contribution in [2.24, 2.45) is 17.8 Å². The molecule has 2 aliphatic carbocycles. The van der Waals surface area contributed by atoms with Crippen molar-refractivity contribution < 1.29 is 4.42 Å². The summed E-state index contributed by atoms with van der Waals surface area (Å²) in [5, 5.41) is 11.7. The summed E-state index contributed by atoms with van der Waals surface area (Å²) in [4.78, 5) is 4.22. The summed E-state index contributed by atoms with van der Waals surface area (Å²) in [7, 11) is 0. The van der Waals surface area contributed by atoms with Gasteiger partial charge in [0, 0.05) is 23.2 Å². The van der Waals surface area contributed by atoms with Crippen molar-refractivity contribution in [2.45, 2.75) is 31.2 Å². The zero-order valence-electron chi connectivity index (χ0n) is 15.5. The zero-order valence-corrected chi connectivity index (χ0v) is 15.5. The van der Waals surface area contributed by atoms with Crippen LogP contribution in [0.1, 0.15) is 47.9 Å². The van der Waals surface area contributed by atoms with E-state index in [2.05, 4.69) is 28.5 Å². The van der Waals surface area contributed by atoms with Crippen LogP contribution in [-0.4, -0.2) is 11.2 Å². The van der Waals surface area contributed by atoms with Crippen LogP contribution in [0.15, 0.2) is 34.7 Å². The molecule has 0 radical (unpaired) electrons. The number of benzene rings is 2. The number of anilines is 3. The number of hydrogen-bond acceptors (Lipinski definition) is 6. The van der Waals surface area contributed by atoms with E-state index in [1.165, 1.54) is 36.6 Å². The van der Waals surface area contributed by atoms with Crippen LogP contribution in [-0.2, 0) is 0 Å². The molecule has 142 valence electrons. The second kappa shape index (κ2) is 5.50. The summed E-state index contributed by atoms with van der Waals surface area (Å²) in [6.45, 7) is 0. The molecule has 3 aliphatic rings. The van der Waals surface area contributed by atoms with Gasteiger partial charge in [-0.1, -0.05) is 6.07 Å². The molecule has 6 N–H and O–H groups in total. The van der Waals surface area contributed by atoms with E-state index in [0.29, 0.717) is 29.4 Å². The summed E-state index contributed by atoms with van der Waals surface area (Å²) in [5.74, 6) is 2.35. The maximum Gasteiger partial charge on any atom is 0.292 e. The average molecular weight is 373 g/mol. The maximum absolute atomic E-state index is 7.95. The minimum atomic E-state index is 0.206. The molecule has 1 aliphatic heterocycles. The van der Waals surface area contributed by atoms with Crippen molar-refractivity contribution in [3.63, 3.8) is 0 Å². The number of nitrogen functional groups attached to an aromatic ring is 2. The maximum atomic E-state index is 7.95. The van der Waals surface area contributed by atoms with E-state index >= 15 is 0 Å². The van der Waals surface area contributed by atoms with Crippen molar-refractivity contribution in [1.29, 1.82) is 5.41 Å². The van der Waals surface area contributed by atoms with E-state index in [4.69, 9.17) is 21.3 Å². The fraction of sp³-hybridized carbons (Fsp3) is 0.364. The first-order chi connectivity index (χ1) is 13.6. The topological polar surface area (TPSA) is 114 Å². The second-order valence-electron chi connectivity index (χ2n) is 8.51. The van der Waals surface area contributed by atoms with Crippen LogP contribution in [0.3, 0.4) is 0 Å². The van der Waals surface area contributed by atoms with Crippen LogP contribution in [0.2, 0.25) is 0 Å². The SMILES string of the molecule is N=Cc1c(N)ccc2c1C1C3CCC(C3)C1C(c1ccc3nc(N)oc3c1)N2. The highest BCUT2D eigenvalue weighted by atomic mass is 16.4. The average Bonchev–Trinajstić information content (AvgIpc) is 3.40. The van der Waals surface area contributed by atoms with Crippen molar-refractivity contribution in [2.75, 3.05) is 16.8 Å². The smallest absolute Gasteiger partial charge is 0.292 e. The number of aromatic nitrogens is 1. The lowest BCUT2D eigenvalue weighted by atomic mass is 9.67. The number of fused-ring (bicyclic) bond motifs is 8. The third-order valence-corrected chi connectivity index (χ3v) is 7.26. The van der Waals surface area contributed by atoms with Gasteiger partial charge in [-0.2, -0.15) is 4.98 Å². The monoisotopic (exact) mass is 373 g/mol. The first-order valence-electron chi connectivity index (χ1n) is 9.99. The summed E-state index contributed by atoms with van der Waals surface area (Å²) in [5.41, 5.74) is 18.7. The minimum Gasteiger partial charge on any atom is -0.424 e. The first-order valence-corrected chi connectivity index (χ1v) is 9.99. The molecule has 3 aromatic rings. The molecule has 6 heteroatoms. The molecule has 5 unspecified atom stereocenters. The molecule has 2 bridgehead atoms. The van der Waals surface area contributed by atoms with Gasteiger partial charge in [0.15, 0.2) is 5.58 Å². The first kappa shape index (κ1) is 16.0. The number of rotatable bonds is 2. The minimum absolute atomic E-state index is 0.206. The Kier molecular flexibility index (Phi) is 3.14.